The van der Waals surface area contributed by atoms with E-state index in [1.165, 1.54) is 13.0 Å². The first kappa shape index (κ1) is 14.3. The Hall–Kier alpha value is -2.11. The predicted molar refractivity (Wildman–Crippen MR) is 71.6 cm³/mol. The molecule has 5 nitrogen and oxygen atoms in total. The number of esters is 1. The molecule has 2 N–H and O–H groups in total. The van der Waals surface area contributed by atoms with Crippen LogP contribution in [0.3, 0.4) is 0 Å². The molecule has 0 radical (unpaired) electrons. The molecule has 2 rings (SSSR count). The number of rotatable bonds is 4. The number of carbonyl (C=O) groups is 2. The van der Waals surface area contributed by atoms with Crippen molar-refractivity contribution in [2.45, 2.75) is 25.8 Å². The molecular formula is C14H17FN2O3. The third-order valence-corrected chi connectivity index (χ3v) is 3.43. The Bertz CT molecular complexity index is 532. The highest BCUT2D eigenvalue weighted by Crippen LogP contribution is 2.25. The second-order valence-corrected chi connectivity index (χ2v) is 4.98. The summed E-state index contributed by atoms with van der Waals surface area (Å²) in [6.45, 7) is 1.18. The fraction of sp³-hybridized carbons (Fsp3) is 0.429. The van der Waals surface area contributed by atoms with Crippen molar-refractivity contribution in [1.82, 2.24) is 4.90 Å². The number of carbonyl (C=O) groups excluding carboxylic acids is 2. The molecule has 1 aliphatic rings. The van der Waals surface area contributed by atoms with Gasteiger partial charge in [-0.15, -0.1) is 0 Å². The maximum absolute atomic E-state index is 13.5. The number of amides is 1. The number of likely N-dealkylation sites (N-methyl/N-ethyl adjacent to an activating group) is 1. The lowest BCUT2D eigenvalue weighted by Crippen LogP contribution is -2.32. The van der Waals surface area contributed by atoms with Crippen molar-refractivity contribution in [2.24, 2.45) is 0 Å². The highest BCUT2D eigenvalue weighted by molar-refractivity contribution is 5.92. The van der Waals surface area contributed by atoms with E-state index in [0.717, 1.165) is 18.9 Å². The first-order valence-electron chi connectivity index (χ1n) is 6.38. The summed E-state index contributed by atoms with van der Waals surface area (Å²) in [6.07, 6.45) is 1.96. The van der Waals surface area contributed by atoms with E-state index in [9.17, 15) is 14.0 Å². The number of halogens is 1. The summed E-state index contributed by atoms with van der Waals surface area (Å²) >= 11 is 0. The molecule has 0 atom stereocenters. The number of nitrogen functional groups attached to an aromatic ring is 1. The Kier molecular flexibility index (Phi) is 3.92. The fourth-order valence-electron chi connectivity index (χ4n) is 1.80. The summed E-state index contributed by atoms with van der Waals surface area (Å²) in [5.41, 5.74) is 6.06. The second kappa shape index (κ2) is 5.48. The maximum Gasteiger partial charge on any atom is 0.338 e. The molecule has 1 fully saturated rings. The highest BCUT2D eigenvalue weighted by atomic mass is 19.1. The molecule has 0 spiro atoms. The smallest absolute Gasteiger partial charge is 0.338 e. The van der Waals surface area contributed by atoms with Crippen LogP contribution in [0.5, 0.6) is 0 Å². The van der Waals surface area contributed by atoms with Crippen molar-refractivity contribution in [3.8, 4) is 0 Å². The van der Waals surface area contributed by atoms with Crippen LogP contribution in [0.2, 0.25) is 0 Å². The molecule has 0 aromatic heterocycles. The minimum Gasteiger partial charge on any atom is -0.452 e. The average molecular weight is 280 g/mol. The molecule has 0 aliphatic heterocycles. The summed E-state index contributed by atoms with van der Waals surface area (Å²) in [5.74, 6) is -1.59. The lowest BCUT2D eigenvalue weighted by atomic mass is 10.1. The van der Waals surface area contributed by atoms with Gasteiger partial charge in [-0.3, -0.25) is 4.79 Å². The van der Waals surface area contributed by atoms with Crippen LogP contribution in [0.4, 0.5) is 10.1 Å². The molecule has 0 heterocycles. The Morgan fingerprint density at radius 3 is 2.65 bits per heavy atom. The molecule has 1 saturated carbocycles. The van der Waals surface area contributed by atoms with E-state index in [1.807, 2.05) is 0 Å². The molecule has 20 heavy (non-hydrogen) atoms. The van der Waals surface area contributed by atoms with Gasteiger partial charge < -0.3 is 15.4 Å². The molecule has 0 bridgehead atoms. The number of anilines is 1. The largest absolute Gasteiger partial charge is 0.452 e. The number of nitrogens with two attached hydrogens (primary N) is 1. The Balaban J connectivity index is 1.96. The Morgan fingerprint density at radius 2 is 2.10 bits per heavy atom. The van der Waals surface area contributed by atoms with Crippen LogP contribution in [0, 0.1) is 12.7 Å². The van der Waals surface area contributed by atoms with Crippen LogP contribution < -0.4 is 5.73 Å². The van der Waals surface area contributed by atoms with Gasteiger partial charge in [0.25, 0.3) is 5.91 Å². The zero-order chi connectivity index (χ0) is 14.9. The summed E-state index contributed by atoms with van der Waals surface area (Å²) in [4.78, 5) is 25.0. The molecule has 1 amide bonds. The molecule has 6 heteroatoms. The van der Waals surface area contributed by atoms with Gasteiger partial charge in [0.15, 0.2) is 6.61 Å². The fourth-order valence-corrected chi connectivity index (χ4v) is 1.80. The maximum atomic E-state index is 13.5. The zero-order valence-corrected chi connectivity index (χ0v) is 11.5. The lowest BCUT2D eigenvalue weighted by Gasteiger charge is -2.16. The number of ether oxygens (including phenoxy) is 1. The van der Waals surface area contributed by atoms with Crippen molar-refractivity contribution >= 4 is 17.6 Å². The quantitative estimate of drug-likeness (QED) is 0.670. The van der Waals surface area contributed by atoms with Crippen LogP contribution in [0.25, 0.3) is 0 Å². The standard InChI is InChI=1S/C14H17FN2O3/c1-8-11(15)5-9(6-12(8)16)14(19)20-7-13(18)17(2)10-3-4-10/h5-6,10H,3-4,7,16H2,1-2H3. The third kappa shape index (κ3) is 3.07. The van der Waals surface area contributed by atoms with E-state index in [0.29, 0.717) is 0 Å². The van der Waals surface area contributed by atoms with Crippen molar-refractivity contribution in [2.75, 3.05) is 19.4 Å². The summed E-state index contributed by atoms with van der Waals surface area (Å²) in [7, 11) is 1.68. The van der Waals surface area contributed by atoms with Crippen molar-refractivity contribution in [1.29, 1.82) is 0 Å². The molecule has 0 saturated heterocycles. The highest BCUT2D eigenvalue weighted by Gasteiger charge is 2.29. The van der Waals surface area contributed by atoms with Gasteiger partial charge in [0.2, 0.25) is 0 Å². The Morgan fingerprint density at radius 1 is 1.45 bits per heavy atom. The molecule has 0 unspecified atom stereocenters. The zero-order valence-electron chi connectivity index (χ0n) is 11.5. The van der Waals surface area contributed by atoms with Gasteiger partial charge in [0, 0.05) is 24.3 Å². The first-order chi connectivity index (χ1) is 9.40. The lowest BCUT2D eigenvalue weighted by molar-refractivity contribution is -0.133. The molecule has 1 aromatic carbocycles. The van der Waals surface area contributed by atoms with Crippen molar-refractivity contribution in [3.63, 3.8) is 0 Å². The second-order valence-electron chi connectivity index (χ2n) is 4.98. The minimum atomic E-state index is -0.756. The van der Waals surface area contributed by atoms with Crippen molar-refractivity contribution < 1.29 is 18.7 Å². The normalized spacial score (nSPS) is 13.9. The monoisotopic (exact) mass is 280 g/mol. The summed E-state index contributed by atoms with van der Waals surface area (Å²) < 4.78 is 18.4. The van der Waals surface area contributed by atoms with Gasteiger partial charge in [0.1, 0.15) is 5.82 Å². The van der Waals surface area contributed by atoms with E-state index in [4.69, 9.17) is 10.5 Å². The number of benzene rings is 1. The van der Waals surface area contributed by atoms with Gasteiger partial charge in [-0.05, 0) is 31.9 Å². The molecule has 1 aromatic rings. The minimum absolute atomic E-state index is 0.00692. The first-order valence-corrected chi connectivity index (χ1v) is 6.38. The SMILES string of the molecule is Cc1c(N)cc(C(=O)OCC(=O)N(C)C2CC2)cc1F. The van der Waals surface area contributed by atoms with E-state index >= 15 is 0 Å². The van der Waals surface area contributed by atoms with E-state index < -0.39 is 11.8 Å². The number of nitrogens with zero attached hydrogens (tertiary/aromatic N) is 1. The van der Waals surface area contributed by atoms with E-state index in [1.54, 1.807) is 11.9 Å². The third-order valence-electron chi connectivity index (χ3n) is 3.43. The number of hydrogen-bond donors (Lipinski definition) is 1. The van der Waals surface area contributed by atoms with Gasteiger partial charge >= 0.3 is 5.97 Å². The van der Waals surface area contributed by atoms with Gasteiger partial charge in [0.05, 0.1) is 5.56 Å². The van der Waals surface area contributed by atoms with Crippen LogP contribution in [0.1, 0.15) is 28.8 Å². The van der Waals surface area contributed by atoms with E-state index in [2.05, 4.69) is 0 Å². The van der Waals surface area contributed by atoms with Crippen molar-refractivity contribution in [3.05, 3.63) is 29.1 Å². The molecule has 108 valence electrons. The number of hydrogen-bond acceptors (Lipinski definition) is 4. The van der Waals surface area contributed by atoms with Crippen LogP contribution in [-0.2, 0) is 9.53 Å². The summed E-state index contributed by atoms with van der Waals surface area (Å²) in [6, 6.07) is 2.66. The predicted octanol–water partition coefficient (Wildman–Crippen LogP) is 1.49. The van der Waals surface area contributed by atoms with E-state index in [-0.39, 0.29) is 35.4 Å². The van der Waals surface area contributed by atoms with Gasteiger partial charge in [-0.1, -0.05) is 0 Å². The molecule has 1 aliphatic carbocycles. The van der Waals surface area contributed by atoms with Gasteiger partial charge in [-0.2, -0.15) is 0 Å². The van der Waals surface area contributed by atoms with Crippen LogP contribution in [0.15, 0.2) is 12.1 Å². The summed E-state index contributed by atoms with van der Waals surface area (Å²) in [5, 5.41) is 0. The van der Waals surface area contributed by atoms with Gasteiger partial charge in [-0.25, -0.2) is 9.18 Å². The Labute approximate surface area is 116 Å². The topological polar surface area (TPSA) is 72.6 Å². The van der Waals surface area contributed by atoms with Crippen LogP contribution in [-0.4, -0.2) is 36.5 Å². The van der Waals surface area contributed by atoms with Crippen LogP contribution >= 0.6 is 0 Å². The average Bonchev–Trinajstić information content (AvgIpc) is 3.24. The molecular weight excluding hydrogens is 263 g/mol.